The van der Waals surface area contributed by atoms with Gasteiger partial charge in [0.2, 0.25) is 0 Å². The van der Waals surface area contributed by atoms with Crippen LogP contribution in [-0.2, 0) is 6.54 Å². The number of nitrogens with two attached hydrogens (primary N) is 1. The Bertz CT molecular complexity index is 532. The van der Waals surface area contributed by atoms with Gasteiger partial charge in [-0.25, -0.2) is 4.98 Å². The molecule has 1 saturated carbocycles. The van der Waals surface area contributed by atoms with E-state index >= 15 is 0 Å². The minimum atomic E-state index is 0.655. The Kier molecular flexibility index (Phi) is 2.96. The number of hydrogen-bond acceptors (Lipinski definition) is 4. The summed E-state index contributed by atoms with van der Waals surface area (Å²) in [6.45, 7) is 2.92. The quantitative estimate of drug-likeness (QED) is 0.916. The molecule has 0 aliphatic heterocycles. The highest BCUT2D eigenvalue weighted by Gasteiger charge is 2.30. The Morgan fingerprint density at radius 3 is 2.83 bits per heavy atom. The van der Waals surface area contributed by atoms with Crippen molar-refractivity contribution in [3.63, 3.8) is 0 Å². The molecule has 2 aromatic rings. The van der Waals surface area contributed by atoms with Crippen molar-refractivity contribution < 1.29 is 0 Å². The number of aromatic nitrogens is 1. The summed E-state index contributed by atoms with van der Waals surface area (Å²) in [6.07, 6.45) is 2.55. The Balaban J connectivity index is 1.86. The predicted molar refractivity (Wildman–Crippen MR) is 76.9 cm³/mol. The van der Waals surface area contributed by atoms with Gasteiger partial charge in [-0.2, -0.15) is 0 Å². The maximum absolute atomic E-state index is 5.84. The van der Waals surface area contributed by atoms with Gasteiger partial charge in [0, 0.05) is 10.9 Å². The lowest BCUT2D eigenvalue weighted by Crippen LogP contribution is -2.25. The van der Waals surface area contributed by atoms with Crippen LogP contribution in [0.1, 0.15) is 23.4 Å². The van der Waals surface area contributed by atoms with E-state index in [2.05, 4.69) is 27.4 Å². The molecule has 2 N–H and O–H groups in total. The topological polar surface area (TPSA) is 42.2 Å². The van der Waals surface area contributed by atoms with Gasteiger partial charge in [0.15, 0.2) is 0 Å². The van der Waals surface area contributed by atoms with Crippen molar-refractivity contribution in [2.24, 2.45) is 0 Å². The van der Waals surface area contributed by atoms with E-state index in [1.54, 1.807) is 11.3 Å². The van der Waals surface area contributed by atoms with Gasteiger partial charge in [-0.3, -0.25) is 0 Å². The molecular formula is C14H17N3S. The number of thiophene rings is 1. The summed E-state index contributed by atoms with van der Waals surface area (Å²) in [5, 5.41) is 2.13. The Labute approximate surface area is 111 Å². The second-order valence-corrected chi connectivity index (χ2v) is 5.81. The average molecular weight is 259 g/mol. The zero-order chi connectivity index (χ0) is 12.5. The van der Waals surface area contributed by atoms with Crippen LogP contribution in [-0.4, -0.2) is 11.0 Å². The van der Waals surface area contributed by atoms with E-state index in [-0.39, 0.29) is 0 Å². The molecule has 18 heavy (non-hydrogen) atoms. The fourth-order valence-electron chi connectivity index (χ4n) is 2.07. The van der Waals surface area contributed by atoms with Crippen molar-refractivity contribution in [2.75, 3.05) is 10.6 Å². The summed E-state index contributed by atoms with van der Waals surface area (Å²) < 4.78 is 0. The first-order valence-electron chi connectivity index (χ1n) is 6.26. The van der Waals surface area contributed by atoms with Crippen LogP contribution in [0.3, 0.4) is 0 Å². The monoisotopic (exact) mass is 259 g/mol. The molecule has 0 amide bonds. The van der Waals surface area contributed by atoms with Gasteiger partial charge in [-0.05, 0) is 43.3 Å². The maximum atomic E-state index is 5.84. The van der Waals surface area contributed by atoms with Crippen LogP contribution >= 0.6 is 11.3 Å². The molecule has 0 unspecified atom stereocenters. The molecule has 2 aromatic heterocycles. The molecule has 0 radical (unpaired) electrons. The fourth-order valence-corrected chi connectivity index (χ4v) is 2.78. The molecule has 1 fully saturated rings. The van der Waals surface area contributed by atoms with E-state index < -0.39 is 0 Å². The summed E-state index contributed by atoms with van der Waals surface area (Å²) in [6, 6.07) is 8.94. The van der Waals surface area contributed by atoms with Crippen molar-refractivity contribution in [1.82, 2.24) is 4.98 Å². The number of rotatable bonds is 4. The molecule has 1 aliphatic rings. The maximum Gasteiger partial charge on any atom is 0.129 e. The minimum Gasteiger partial charge on any atom is -0.397 e. The van der Waals surface area contributed by atoms with Gasteiger partial charge in [0.1, 0.15) is 5.82 Å². The van der Waals surface area contributed by atoms with Crippen LogP contribution in [0.5, 0.6) is 0 Å². The Hall–Kier alpha value is -1.55. The van der Waals surface area contributed by atoms with Crippen molar-refractivity contribution in [3.8, 4) is 0 Å². The number of anilines is 2. The number of aryl methyl sites for hydroxylation is 1. The third-order valence-electron chi connectivity index (χ3n) is 3.30. The summed E-state index contributed by atoms with van der Waals surface area (Å²) in [5.41, 5.74) is 7.53. The lowest BCUT2D eigenvalue weighted by Gasteiger charge is -2.23. The van der Waals surface area contributed by atoms with Crippen molar-refractivity contribution in [1.29, 1.82) is 0 Å². The second kappa shape index (κ2) is 4.61. The first-order valence-corrected chi connectivity index (χ1v) is 7.14. The molecule has 4 heteroatoms. The number of hydrogen-bond donors (Lipinski definition) is 1. The molecule has 3 nitrogen and oxygen atoms in total. The summed E-state index contributed by atoms with van der Waals surface area (Å²) in [5.74, 6) is 1.05. The van der Waals surface area contributed by atoms with Gasteiger partial charge in [0.25, 0.3) is 0 Å². The van der Waals surface area contributed by atoms with Crippen LogP contribution in [0.25, 0.3) is 0 Å². The number of pyridine rings is 1. The summed E-state index contributed by atoms with van der Waals surface area (Å²) >= 11 is 1.80. The Morgan fingerprint density at radius 2 is 2.22 bits per heavy atom. The summed E-state index contributed by atoms with van der Waals surface area (Å²) in [4.78, 5) is 8.41. The smallest absolute Gasteiger partial charge is 0.129 e. The predicted octanol–water partition coefficient (Wildman–Crippen LogP) is 3.20. The van der Waals surface area contributed by atoms with Gasteiger partial charge < -0.3 is 10.6 Å². The fraction of sp³-hybridized carbons (Fsp3) is 0.357. The normalized spacial score (nSPS) is 14.7. The number of nitrogen functional groups attached to an aromatic ring is 1. The highest BCUT2D eigenvalue weighted by Crippen LogP contribution is 2.33. The molecule has 0 spiro atoms. The van der Waals surface area contributed by atoms with Gasteiger partial charge in [0.05, 0.1) is 17.9 Å². The molecule has 0 aromatic carbocycles. The minimum absolute atomic E-state index is 0.655. The van der Waals surface area contributed by atoms with E-state index in [1.165, 1.54) is 17.7 Å². The van der Waals surface area contributed by atoms with E-state index in [0.29, 0.717) is 6.04 Å². The van der Waals surface area contributed by atoms with Gasteiger partial charge in [-0.1, -0.05) is 6.07 Å². The van der Waals surface area contributed by atoms with Crippen molar-refractivity contribution in [2.45, 2.75) is 32.4 Å². The first kappa shape index (κ1) is 11.5. The van der Waals surface area contributed by atoms with E-state index in [0.717, 1.165) is 23.7 Å². The molecule has 94 valence electrons. The molecule has 3 rings (SSSR count). The lowest BCUT2D eigenvalue weighted by atomic mass is 10.3. The first-order chi connectivity index (χ1) is 8.74. The van der Waals surface area contributed by atoms with E-state index in [1.807, 2.05) is 19.1 Å². The standard InChI is InChI=1S/C14H17N3S/c1-10-13(15)6-7-14(16-10)17(11-4-5-11)9-12-3-2-8-18-12/h2-3,6-8,11H,4-5,9,15H2,1H3. The van der Waals surface area contributed by atoms with Gasteiger partial charge >= 0.3 is 0 Å². The van der Waals surface area contributed by atoms with Crippen LogP contribution in [0.4, 0.5) is 11.5 Å². The van der Waals surface area contributed by atoms with Crippen molar-refractivity contribution in [3.05, 3.63) is 40.2 Å². The molecule has 0 saturated heterocycles. The molecule has 0 atom stereocenters. The third kappa shape index (κ3) is 2.34. The van der Waals surface area contributed by atoms with Crippen LogP contribution in [0, 0.1) is 6.92 Å². The zero-order valence-electron chi connectivity index (χ0n) is 10.5. The molecule has 0 bridgehead atoms. The molecular weight excluding hydrogens is 242 g/mol. The van der Waals surface area contributed by atoms with Crippen LogP contribution in [0.15, 0.2) is 29.6 Å². The SMILES string of the molecule is Cc1nc(N(Cc2cccs2)C2CC2)ccc1N. The van der Waals surface area contributed by atoms with Crippen LogP contribution < -0.4 is 10.6 Å². The molecule has 2 heterocycles. The summed E-state index contributed by atoms with van der Waals surface area (Å²) in [7, 11) is 0. The van der Waals surface area contributed by atoms with Crippen molar-refractivity contribution >= 4 is 22.8 Å². The second-order valence-electron chi connectivity index (χ2n) is 4.78. The zero-order valence-corrected chi connectivity index (χ0v) is 11.3. The van der Waals surface area contributed by atoms with Gasteiger partial charge in [-0.15, -0.1) is 11.3 Å². The highest BCUT2D eigenvalue weighted by molar-refractivity contribution is 7.09. The average Bonchev–Trinajstić information content (AvgIpc) is 3.07. The number of nitrogens with zero attached hydrogens (tertiary/aromatic N) is 2. The third-order valence-corrected chi connectivity index (χ3v) is 4.16. The largest absolute Gasteiger partial charge is 0.397 e. The lowest BCUT2D eigenvalue weighted by molar-refractivity contribution is 0.784. The Morgan fingerprint density at radius 1 is 1.39 bits per heavy atom. The van der Waals surface area contributed by atoms with E-state index in [4.69, 9.17) is 5.73 Å². The highest BCUT2D eigenvalue weighted by atomic mass is 32.1. The van der Waals surface area contributed by atoms with E-state index in [9.17, 15) is 0 Å². The van der Waals surface area contributed by atoms with Crippen LogP contribution in [0.2, 0.25) is 0 Å². The molecule has 1 aliphatic carbocycles.